The van der Waals surface area contributed by atoms with Crippen molar-refractivity contribution in [3.8, 4) is 5.75 Å². The van der Waals surface area contributed by atoms with Crippen LogP contribution < -0.4 is 10.1 Å². The van der Waals surface area contributed by atoms with Gasteiger partial charge in [0.2, 0.25) is 0 Å². The lowest BCUT2D eigenvalue weighted by molar-refractivity contribution is 0.0576. The summed E-state index contributed by atoms with van der Waals surface area (Å²) >= 11 is 0. The number of nitrogens with one attached hydrogen (secondary N) is 1. The van der Waals surface area contributed by atoms with Crippen LogP contribution in [-0.4, -0.2) is 25.3 Å². The minimum absolute atomic E-state index is 0.551. The predicted molar refractivity (Wildman–Crippen MR) is 61.1 cm³/mol. The summed E-state index contributed by atoms with van der Waals surface area (Å²) in [5.74, 6) is 0.804. The number of ether oxygens (including phenoxy) is 1. The smallest absolute Gasteiger partial charge is 0.118 e. The number of hydrogen-bond acceptors (Lipinski definition) is 3. The van der Waals surface area contributed by atoms with Crippen LogP contribution in [0.25, 0.3) is 0 Å². The van der Waals surface area contributed by atoms with Crippen LogP contribution in [0.4, 0.5) is 0 Å². The average Bonchev–Trinajstić information content (AvgIpc) is 2.26. The molecule has 15 heavy (non-hydrogen) atoms. The first-order chi connectivity index (χ1) is 7.10. The van der Waals surface area contributed by atoms with Gasteiger partial charge < -0.3 is 15.2 Å². The molecule has 0 aromatic heterocycles. The molecule has 0 aliphatic heterocycles. The normalized spacial score (nSPS) is 14.7. The molecular weight excluding hydrogens is 190 g/mol. The molecule has 0 saturated carbocycles. The zero-order valence-electron chi connectivity index (χ0n) is 9.58. The van der Waals surface area contributed by atoms with E-state index in [0.717, 1.165) is 17.9 Å². The summed E-state index contributed by atoms with van der Waals surface area (Å²) < 4.78 is 5.07. The van der Waals surface area contributed by atoms with Gasteiger partial charge >= 0.3 is 0 Å². The average molecular weight is 209 g/mol. The van der Waals surface area contributed by atoms with E-state index < -0.39 is 5.60 Å². The fourth-order valence-corrected chi connectivity index (χ4v) is 1.42. The van der Waals surface area contributed by atoms with Crippen molar-refractivity contribution in [2.24, 2.45) is 0 Å². The molecule has 3 nitrogen and oxygen atoms in total. The Morgan fingerprint density at radius 1 is 1.33 bits per heavy atom. The lowest BCUT2D eigenvalue weighted by atomic mass is 9.96. The highest BCUT2D eigenvalue weighted by Gasteiger charge is 2.21. The number of hydrogen-bond donors (Lipinski definition) is 2. The van der Waals surface area contributed by atoms with Gasteiger partial charge in [-0.15, -0.1) is 0 Å². The van der Waals surface area contributed by atoms with Crippen molar-refractivity contribution in [1.29, 1.82) is 0 Å². The van der Waals surface area contributed by atoms with Crippen LogP contribution in [-0.2, 0) is 5.60 Å². The van der Waals surface area contributed by atoms with Crippen molar-refractivity contribution in [2.45, 2.75) is 19.4 Å². The van der Waals surface area contributed by atoms with Crippen LogP contribution in [0.2, 0.25) is 0 Å². The second kappa shape index (κ2) is 5.14. The van der Waals surface area contributed by atoms with Gasteiger partial charge in [0.25, 0.3) is 0 Å². The monoisotopic (exact) mass is 209 g/mol. The first-order valence-corrected chi connectivity index (χ1v) is 5.18. The van der Waals surface area contributed by atoms with Gasteiger partial charge in [-0.2, -0.15) is 0 Å². The molecule has 1 unspecified atom stereocenters. The third kappa shape index (κ3) is 3.22. The van der Waals surface area contributed by atoms with E-state index >= 15 is 0 Å². The van der Waals surface area contributed by atoms with E-state index in [9.17, 15) is 5.11 Å². The van der Waals surface area contributed by atoms with Crippen molar-refractivity contribution in [1.82, 2.24) is 5.32 Å². The van der Waals surface area contributed by atoms with E-state index in [0.29, 0.717) is 6.54 Å². The zero-order valence-corrected chi connectivity index (χ0v) is 9.58. The van der Waals surface area contributed by atoms with E-state index in [4.69, 9.17) is 4.74 Å². The van der Waals surface area contributed by atoms with Crippen LogP contribution in [0.15, 0.2) is 24.3 Å². The molecule has 0 radical (unpaired) electrons. The van der Waals surface area contributed by atoms with Gasteiger partial charge in [0.1, 0.15) is 5.75 Å². The Kier molecular flexibility index (Phi) is 4.12. The lowest BCUT2D eigenvalue weighted by Gasteiger charge is -2.24. The molecule has 3 heteroatoms. The van der Waals surface area contributed by atoms with E-state index in [1.807, 2.05) is 31.2 Å². The molecule has 0 heterocycles. The summed E-state index contributed by atoms with van der Waals surface area (Å²) in [6.45, 7) is 5.23. The van der Waals surface area contributed by atoms with Crippen LogP contribution in [0.1, 0.15) is 19.4 Å². The van der Waals surface area contributed by atoms with Gasteiger partial charge in [-0.3, -0.25) is 0 Å². The van der Waals surface area contributed by atoms with Gasteiger partial charge in [0.15, 0.2) is 0 Å². The Labute approximate surface area is 91.1 Å². The summed E-state index contributed by atoms with van der Waals surface area (Å²) in [6.07, 6.45) is 0. The molecule has 0 amide bonds. The molecular formula is C12H19NO2. The van der Waals surface area contributed by atoms with Gasteiger partial charge in [-0.05, 0) is 31.2 Å². The van der Waals surface area contributed by atoms with E-state index in [2.05, 4.69) is 5.32 Å². The Hall–Kier alpha value is -1.06. The van der Waals surface area contributed by atoms with Crippen LogP contribution in [0.3, 0.4) is 0 Å². The van der Waals surface area contributed by atoms with Crippen molar-refractivity contribution < 1.29 is 9.84 Å². The Bertz CT molecular complexity index is 293. The molecule has 1 rings (SSSR count). The maximum absolute atomic E-state index is 10.2. The number of aliphatic hydroxyl groups is 1. The molecule has 1 atom stereocenters. The Morgan fingerprint density at radius 3 is 2.40 bits per heavy atom. The van der Waals surface area contributed by atoms with Crippen molar-refractivity contribution in [3.05, 3.63) is 29.8 Å². The van der Waals surface area contributed by atoms with E-state index in [-0.39, 0.29) is 0 Å². The fraction of sp³-hybridized carbons (Fsp3) is 0.500. The molecule has 0 bridgehead atoms. The van der Waals surface area contributed by atoms with Crippen molar-refractivity contribution in [3.63, 3.8) is 0 Å². The third-order valence-electron chi connectivity index (χ3n) is 2.43. The molecule has 0 fully saturated rings. The first kappa shape index (κ1) is 12.0. The molecule has 1 aromatic rings. The van der Waals surface area contributed by atoms with Crippen molar-refractivity contribution in [2.75, 3.05) is 20.2 Å². The molecule has 1 aromatic carbocycles. The van der Waals surface area contributed by atoms with Crippen LogP contribution >= 0.6 is 0 Å². The SMILES string of the molecule is CCNCC(C)(O)c1ccc(OC)cc1. The minimum atomic E-state index is -0.831. The highest BCUT2D eigenvalue weighted by molar-refractivity contribution is 5.30. The maximum Gasteiger partial charge on any atom is 0.118 e. The second-order valence-corrected chi connectivity index (χ2v) is 3.78. The number of benzene rings is 1. The predicted octanol–water partition coefficient (Wildman–Crippen LogP) is 1.51. The third-order valence-corrected chi connectivity index (χ3v) is 2.43. The summed E-state index contributed by atoms with van der Waals surface area (Å²) in [5.41, 5.74) is 0.0618. The lowest BCUT2D eigenvalue weighted by Crippen LogP contribution is -2.35. The van der Waals surface area contributed by atoms with Gasteiger partial charge in [0.05, 0.1) is 12.7 Å². The second-order valence-electron chi connectivity index (χ2n) is 3.78. The summed E-state index contributed by atoms with van der Waals surface area (Å²) in [5, 5.41) is 13.3. The quantitative estimate of drug-likeness (QED) is 0.772. The van der Waals surface area contributed by atoms with E-state index in [1.165, 1.54) is 0 Å². The number of methoxy groups -OCH3 is 1. The highest BCUT2D eigenvalue weighted by atomic mass is 16.5. The van der Waals surface area contributed by atoms with Crippen molar-refractivity contribution >= 4 is 0 Å². The zero-order chi connectivity index (χ0) is 11.3. The maximum atomic E-state index is 10.2. The molecule has 0 aliphatic rings. The minimum Gasteiger partial charge on any atom is -0.497 e. The van der Waals surface area contributed by atoms with Crippen LogP contribution in [0.5, 0.6) is 5.75 Å². The van der Waals surface area contributed by atoms with Gasteiger partial charge in [-0.1, -0.05) is 19.1 Å². The standard InChI is InChI=1S/C12H19NO2/c1-4-13-9-12(2,14)10-5-7-11(15-3)8-6-10/h5-8,13-14H,4,9H2,1-3H3. The molecule has 2 N–H and O–H groups in total. The summed E-state index contributed by atoms with van der Waals surface area (Å²) in [7, 11) is 1.63. The van der Waals surface area contributed by atoms with Gasteiger partial charge in [0, 0.05) is 6.54 Å². The number of likely N-dealkylation sites (N-methyl/N-ethyl adjacent to an activating group) is 1. The van der Waals surface area contributed by atoms with Gasteiger partial charge in [-0.25, -0.2) is 0 Å². The molecule has 84 valence electrons. The fourth-order valence-electron chi connectivity index (χ4n) is 1.42. The summed E-state index contributed by atoms with van der Waals surface area (Å²) in [6, 6.07) is 7.48. The Morgan fingerprint density at radius 2 is 1.93 bits per heavy atom. The largest absolute Gasteiger partial charge is 0.497 e. The molecule has 0 aliphatic carbocycles. The molecule has 0 spiro atoms. The number of rotatable bonds is 5. The highest BCUT2D eigenvalue weighted by Crippen LogP contribution is 2.22. The Balaban J connectivity index is 2.75. The first-order valence-electron chi connectivity index (χ1n) is 5.18. The summed E-state index contributed by atoms with van der Waals surface area (Å²) in [4.78, 5) is 0. The van der Waals surface area contributed by atoms with Crippen LogP contribution in [0, 0.1) is 0 Å². The molecule has 0 saturated heterocycles. The topological polar surface area (TPSA) is 41.5 Å². The van der Waals surface area contributed by atoms with E-state index in [1.54, 1.807) is 14.0 Å².